The van der Waals surface area contributed by atoms with Gasteiger partial charge in [0.2, 0.25) is 94.5 Å². The highest BCUT2D eigenvalue weighted by Crippen LogP contribution is 2.21. The topological polar surface area (TPSA) is 869 Å². The lowest BCUT2D eigenvalue weighted by Crippen LogP contribution is -2.62. The second-order valence-electron chi connectivity index (χ2n) is 33.9. The summed E-state index contributed by atoms with van der Waals surface area (Å²) in [5, 5.41) is 90.9. The number of hydrogen-bond donors (Lipinski definition) is 33. The zero-order valence-corrected chi connectivity index (χ0v) is 80.6. The van der Waals surface area contributed by atoms with E-state index in [1.807, 2.05) is 0 Å². The zero-order valence-electron chi connectivity index (χ0n) is 79.8. The number of carbonyl (C=O) groups excluding carboxylic acids is 16. The number of thioether (sulfide) groups is 1. The maximum absolute atomic E-state index is 14.6. The standard InChI is InChI=1S/C88H149N31O19S/c1-49(2)70(118-73(125)55(93)25-11-15-36-89)83(135)115-60(28-13-17-38-91)79(131)117-65(44-52-22-7-6-8-23-52)82(134)119-71(51(4)120)84(136)107-50(3)72(124)110-61(32-21-42-103-88(99)100)77(129)111-57(30-19-40-101-86(95)96)74(126)105-48-69(123)109-66(45-53-46-104-56-26-10-9-24-54(53)56)75(127)106-47-68(122)108-58(31-20-41-102-87(97)98)76(128)113-62(33-34-67(94)121)80(132)114-63(35-43-139-5)81(133)112-59(27-12-16-37-90)78(130)116-64(85(137)138)29-14-18-39-92/h6-10,22-24,26,46,49-51,55,57-66,70-71,104,120H,11-21,25,27-45,47-48,89-93H2,1-5H3,(H2,94,121)(H,105,126)(H,106,127)(H,107,136)(H,108,122)(H,109,123)(H,110,124)(H,111,129)(H,112,133)(H,113,128)(H,114,132)(H,115,135)(H,116,130)(H,117,131)(H,118,125)(H,119,134)(H,137,138)(H4,95,96,101)(H4,97,98,102)(H4,99,100,103)/t50-,51+,55-,57-,58-,59-,60-,61-,62-,63-,64-,65-,66-,70-,71-/m0/s1. The predicted octanol–water partition coefficient (Wildman–Crippen LogP) is -7.72. The number of primary amides is 1. The van der Waals surface area contributed by atoms with Crippen molar-refractivity contribution in [3.8, 4) is 0 Å². The molecule has 51 heteroatoms. The number of guanidine groups is 3. The number of unbranched alkanes of at least 4 members (excludes halogenated alkanes) is 4. The van der Waals surface area contributed by atoms with Crippen molar-refractivity contribution in [2.75, 3.05) is 70.9 Å². The van der Waals surface area contributed by atoms with Crippen LogP contribution in [0.25, 0.3) is 10.9 Å². The molecule has 0 bridgehead atoms. The van der Waals surface area contributed by atoms with Crippen molar-refractivity contribution >= 4 is 141 Å². The molecule has 16 amide bonds. The van der Waals surface area contributed by atoms with Crippen LogP contribution in [0.3, 0.4) is 0 Å². The number of H-pyrrole nitrogens is 1. The van der Waals surface area contributed by atoms with Gasteiger partial charge >= 0.3 is 5.97 Å². The van der Waals surface area contributed by atoms with Gasteiger partial charge in [-0.3, -0.25) is 92.9 Å². The largest absolute Gasteiger partial charge is 0.480 e. The van der Waals surface area contributed by atoms with Gasteiger partial charge < -0.3 is 163 Å². The molecule has 15 atom stereocenters. The molecule has 0 fully saturated rings. The lowest BCUT2D eigenvalue weighted by Gasteiger charge is -2.29. The maximum Gasteiger partial charge on any atom is 0.326 e. The van der Waals surface area contributed by atoms with Crippen molar-refractivity contribution in [3.63, 3.8) is 0 Å². The number of hydrogen-bond acceptors (Lipinski definition) is 27. The number of aliphatic carboxylic acids is 1. The van der Waals surface area contributed by atoms with Crippen LogP contribution in [0, 0.1) is 22.1 Å². The summed E-state index contributed by atoms with van der Waals surface area (Å²) in [6.07, 6.45) is 3.52. The maximum atomic E-state index is 14.6. The van der Waals surface area contributed by atoms with Crippen molar-refractivity contribution < 1.29 is 91.7 Å². The summed E-state index contributed by atoms with van der Waals surface area (Å²) in [4.78, 5) is 241. The third kappa shape index (κ3) is 47.7. The van der Waals surface area contributed by atoms with Crippen LogP contribution in [0.15, 0.2) is 60.8 Å². The Morgan fingerprint density at radius 1 is 0.374 bits per heavy atom. The number of aliphatic hydroxyl groups excluding tert-OH is 1. The Balaban J connectivity index is 1.95. The van der Waals surface area contributed by atoms with Gasteiger partial charge in [0.25, 0.3) is 0 Å². The average Bonchev–Trinajstić information content (AvgIpc) is 1.68. The molecule has 0 saturated heterocycles. The van der Waals surface area contributed by atoms with E-state index in [0.717, 1.165) is 0 Å². The SMILES string of the molecule is CSCC[C@H](NC(=O)[C@H](CCC(N)=O)NC(=O)[C@H](CCCNC(=N)N)NC(=O)CNC(=O)[C@H](Cc1c[nH]c2ccccc12)NC(=O)CNC(=O)[C@H](CCCNC(=N)N)NC(=O)[C@H](CCCNC(=N)N)NC(=O)[C@H](C)NC(=O)[C@@H](NC(=O)[C@H](Cc1ccccc1)NC(=O)[C@H](CCCCN)NC(=O)[C@@H](NC(=O)[C@@H](N)CCCCN)C(C)C)[C@@H](C)O)C(=O)N[C@@H](CCCCN)C(=O)N[C@@H](CCCCN)C(=O)O. The van der Waals surface area contributed by atoms with Gasteiger partial charge in [-0.2, -0.15) is 11.8 Å². The molecule has 1 heterocycles. The van der Waals surface area contributed by atoms with E-state index in [0.29, 0.717) is 86.4 Å². The number of carboxylic acids is 1. The number of para-hydroxylation sites is 1. The molecule has 0 aliphatic carbocycles. The first-order valence-electron chi connectivity index (χ1n) is 46.6. The van der Waals surface area contributed by atoms with Gasteiger partial charge in [0.15, 0.2) is 17.9 Å². The number of carbonyl (C=O) groups is 17. The molecule has 50 nitrogen and oxygen atoms in total. The Kier molecular flexibility index (Phi) is 57.4. The molecule has 0 radical (unpaired) electrons. The molecule has 0 aliphatic rings. The fourth-order valence-electron chi connectivity index (χ4n) is 14.2. The molecule has 0 aliphatic heterocycles. The first kappa shape index (κ1) is 120. The minimum atomic E-state index is -1.83. The number of aromatic nitrogens is 1. The lowest BCUT2D eigenvalue weighted by atomic mass is 10.00. The Bertz CT molecular complexity index is 4500. The Labute approximate surface area is 812 Å². The van der Waals surface area contributed by atoms with Gasteiger partial charge in [-0.1, -0.05) is 68.8 Å². The number of aliphatic hydroxyl groups is 1. The summed E-state index contributed by atoms with van der Waals surface area (Å²) in [6, 6.07) is -4.88. The van der Waals surface area contributed by atoms with Gasteiger partial charge in [-0.25, -0.2) is 4.79 Å². The zero-order chi connectivity index (χ0) is 104. The number of fused-ring (bicyclic) bond motifs is 1. The van der Waals surface area contributed by atoms with Gasteiger partial charge in [0.05, 0.1) is 25.2 Å². The average molecular weight is 1980 g/mol. The van der Waals surface area contributed by atoms with Gasteiger partial charge in [0.1, 0.15) is 78.5 Å². The van der Waals surface area contributed by atoms with Crippen molar-refractivity contribution in [1.82, 2.24) is 101 Å². The van der Waals surface area contributed by atoms with E-state index in [1.54, 1.807) is 80.9 Å². The summed E-state index contributed by atoms with van der Waals surface area (Å²) in [5.41, 5.74) is 52.7. The highest BCUT2D eigenvalue weighted by atomic mass is 32.2. The second kappa shape index (κ2) is 66.4. The molecule has 0 unspecified atom stereocenters. The van der Waals surface area contributed by atoms with Crippen LogP contribution in [0.4, 0.5) is 0 Å². The third-order valence-corrected chi connectivity index (χ3v) is 22.7. The van der Waals surface area contributed by atoms with Crippen LogP contribution in [0.1, 0.15) is 174 Å². The van der Waals surface area contributed by atoms with Gasteiger partial charge in [-0.05, 0) is 197 Å². The van der Waals surface area contributed by atoms with Crippen LogP contribution < -0.4 is 147 Å². The van der Waals surface area contributed by atoms with Crippen molar-refractivity contribution in [1.29, 1.82) is 16.2 Å². The summed E-state index contributed by atoms with van der Waals surface area (Å²) in [7, 11) is 0. The van der Waals surface area contributed by atoms with E-state index in [2.05, 4.69) is 101 Å². The Morgan fingerprint density at radius 3 is 1.18 bits per heavy atom. The number of nitrogens with one attached hydrogen (secondary N) is 22. The van der Waals surface area contributed by atoms with Crippen molar-refractivity contribution in [2.45, 2.75) is 266 Å². The number of rotatable bonds is 71. The number of amides is 16. The van der Waals surface area contributed by atoms with Crippen LogP contribution in [-0.4, -0.2) is 295 Å². The molecule has 776 valence electrons. The molecule has 3 aromatic rings. The first-order chi connectivity index (χ1) is 66.1. The molecule has 3 rings (SSSR count). The molecule has 0 saturated carbocycles. The van der Waals surface area contributed by atoms with Gasteiger partial charge in [0, 0.05) is 56.0 Å². The van der Waals surface area contributed by atoms with E-state index in [1.165, 1.54) is 25.6 Å². The number of aromatic amines is 1. The number of carboxylic acid groups (broad SMARTS) is 1. The van der Waals surface area contributed by atoms with Gasteiger partial charge in [-0.15, -0.1) is 0 Å². The smallest absolute Gasteiger partial charge is 0.326 e. The van der Waals surface area contributed by atoms with Crippen LogP contribution in [-0.2, 0) is 94.3 Å². The molecule has 2 aromatic carbocycles. The normalized spacial score (nSPS) is 14.3. The molecule has 1 aromatic heterocycles. The minimum absolute atomic E-state index is 0.0188. The van der Waals surface area contributed by atoms with Crippen molar-refractivity contribution in [3.05, 3.63) is 71.9 Å². The quantitative estimate of drug-likeness (QED) is 0.0142. The molecular weight excluding hydrogens is 1830 g/mol. The summed E-state index contributed by atoms with van der Waals surface area (Å²) >= 11 is 1.30. The monoisotopic (exact) mass is 1980 g/mol. The number of benzene rings is 2. The summed E-state index contributed by atoms with van der Waals surface area (Å²) in [6.45, 7) is 5.06. The minimum Gasteiger partial charge on any atom is -0.480 e. The Hall–Kier alpha value is -13.1. The fraction of sp³-hybridized carbons (Fsp3) is 0.614. The molecule has 42 N–H and O–H groups in total. The molecular formula is C88H149N31O19S. The van der Waals surface area contributed by atoms with Crippen molar-refractivity contribution in [2.24, 2.45) is 57.5 Å². The number of nitrogens with two attached hydrogens (primary N) is 9. The van der Waals surface area contributed by atoms with Crippen LogP contribution >= 0.6 is 11.8 Å². The van der Waals surface area contributed by atoms with E-state index in [9.17, 15) is 91.7 Å². The van der Waals surface area contributed by atoms with E-state index < -0.39 is 241 Å². The highest BCUT2D eigenvalue weighted by molar-refractivity contribution is 7.98. The van der Waals surface area contributed by atoms with E-state index in [-0.39, 0.29) is 122 Å². The third-order valence-electron chi connectivity index (χ3n) is 22.0. The predicted molar refractivity (Wildman–Crippen MR) is 522 cm³/mol. The fourth-order valence-corrected chi connectivity index (χ4v) is 14.7. The van der Waals surface area contributed by atoms with Crippen LogP contribution in [0.2, 0.25) is 0 Å². The lowest BCUT2D eigenvalue weighted by molar-refractivity contribution is -0.142. The second-order valence-corrected chi connectivity index (χ2v) is 34.9. The first-order valence-corrected chi connectivity index (χ1v) is 48.0. The Morgan fingerprint density at radius 2 is 0.734 bits per heavy atom. The van der Waals surface area contributed by atoms with E-state index in [4.69, 9.17) is 67.8 Å². The summed E-state index contributed by atoms with van der Waals surface area (Å²) in [5.74, 6) is -17.7. The van der Waals surface area contributed by atoms with E-state index >= 15 is 0 Å². The molecule has 139 heavy (non-hydrogen) atoms. The highest BCUT2D eigenvalue weighted by Gasteiger charge is 2.39. The summed E-state index contributed by atoms with van der Waals surface area (Å²) < 4.78 is 0. The van der Waals surface area contributed by atoms with Crippen LogP contribution in [0.5, 0.6) is 0 Å². The molecule has 0 spiro atoms.